The lowest BCUT2D eigenvalue weighted by molar-refractivity contribution is 0.0552. The third kappa shape index (κ3) is 1.27. The number of primary amides is 1. The van der Waals surface area contributed by atoms with Crippen LogP contribution in [0.1, 0.15) is 19.3 Å². The number of rotatable bonds is 2. The number of nitrogens with one attached hydrogen (secondary N) is 1. The number of hydrogen-bond acceptors (Lipinski definition) is 3. The van der Waals surface area contributed by atoms with E-state index in [2.05, 4.69) is 5.32 Å². The van der Waals surface area contributed by atoms with E-state index in [4.69, 9.17) is 10.5 Å². The Labute approximate surface area is 71.4 Å². The molecule has 0 bridgehead atoms. The van der Waals surface area contributed by atoms with Crippen molar-refractivity contribution in [2.24, 2.45) is 11.7 Å². The molecule has 4 heteroatoms. The van der Waals surface area contributed by atoms with Crippen LogP contribution >= 0.6 is 0 Å². The van der Waals surface area contributed by atoms with Crippen molar-refractivity contribution in [3.63, 3.8) is 0 Å². The maximum Gasteiger partial charge on any atom is 0.405 e. The number of carbonyl (C=O) groups is 1. The summed E-state index contributed by atoms with van der Waals surface area (Å²) in [5.41, 5.74) is 4.82. The molecule has 1 unspecified atom stereocenters. The first-order valence-corrected chi connectivity index (χ1v) is 4.42. The molecule has 1 aliphatic carbocycles. The molecular weight excluding hydrogens is 156 g/mol. The molecular formula is C8H14N2O2. The van der Waals surface area contributed by atoms with Crippen molar-refractivity contribution in [2.45, 2.75) is 24.9 Å². The van der Waals surface area contributed by atoms with Gasteiger partial charge in [0.1, 0.15) is 5.60 Å². The maximum atomic E-state index is 10.6. The van der Waals surface area contributed by atoms with Gasteiger partial charge in [-0.25, -0.2) is 4.79 Å². The lowest BCUT2D eigenvalue weighted by Crippen LogP contribution is -2.32. The van der Waals surface area contributed by atoms with E-state index in [1.807, 2.05) is 0 Å². The summed E-state index contributed by atoms with van der Waals surface area (Å²) in [6, 6.07) is 0. The largest absolute Gasteiger partial charge is 0.443 e. The highest BCUT2D eigenvalue weighted by atomic mass is 16.6. The molecule has 0 radical (unpaired) electrons. The Kier molecular flexibility index (Phi) is 1.72. The first-order valence-electron chi connectivity index (χ1n) is 4.42. The van der Waals surface area contributed by atoms with Gasteiger partial charge in [0.05, 0.1) is 0 Å². The summed E-state index contributed by atoms with van der Waals surface area (Å²) >= 11 is 0. The molecule has 2 fully saturated rings. The molecule has 2 rings (SSSR count). The highest BCUT2D eigenvalue weighted by Crippen LogP contribution is 2.48. The molecule has 1 amide bonds. The lowest BCUT2D eigenvalue weighted by Gasteiger charge is -2.20. The SMILES string of the molecule is NC(=O)OC1(C2CCNC2)CC1. The van der Waals surface area contributed by atoms with E-state index < -0.39 is 6.09 Å². The van der Waals surface area contributed by atoms with Crippen LogP contribution in [0.5, 0.6) is 0 Å². The van der Waals surface area contributed by atoms with Crippen LogP contribution in [0.15, 0.2) is 0 Å². The summed E-state index contributed by atoms with van der Waals surface area (Å²) in [4.78, 5) is 10.6. The van der Waals surface area contributed by atoms with Gasteiger partial charge in [-0.15, -0.1) is 0 Å². The van der Waals surface area contributed by atoms with Gasteiger partial charge in [-0.3, -0.25) is 0 Å². The van der Waals surface area contributed by atoms with Crippen molar-refractivity contribution < 1.29 is 9.53 Å². The predicted octanol–water partition coefficient (Wildman–Crippen LogP) is 0.224. The molecule has 0 aromatic carbocycles. The zero-order valence-corrected chi connectivity index (χ0v) is 7.01. The molecule has 0 aromatic heterocycles. The molecule has 1 atom stereocenters. The van der Waals surface area contributed by atoms with Crippen molar-refractivity contribution in [2.75, 3.05) is 13.1 Å². The monoisotopic (exact) mass is 170 g/mol. The number of carbonyl (C=O) groups excluding carboxylic acids is 1. The number of amides is 1. The smallest absolute Gasteiger partial charge is 0.405 e. The third-order valence-corrected chi connectivity index (χ3v) is 2.85. The quantitative estimate of drug-likeness (QED) is 0.623. The second-order valence-electron chi connectivity index (χ2n) is 3.68. The summed E-state index contributed by atoms with van der Waals surface area (Å²) in [6.07, 6.45) is 2.46. The molecule has 0 spiro atoms. The van der Waals surface area contributed by atoms with Gasteiger partial charge >= 0.3 is 6.09 Å². The van der Waals surface area contributed by atoms with Crippen LogP contribution in [-0.4, -0.2) is 24.8 Å². The van der Waals surface area contributed by atoms with Crippen molar-refractivity contribution in [1.82, 2.24) is 5.32 Å². The van der Waals surface area contributed by atoms with Crippen LogP contribution in [-0.2, 0) is 4.74 Å². The Morgan fingerprint density at radius 1 is 1.58 bits per heavy atom. The average molecular weight is 170 g/mol. The van der Waals surface area contributed by atoms with E-state index in [-0.39, 0.29) is 5.60 Å². The molecule has 1 saturated heterocycles. The fourth-order valence-corrected chi connectivity index (χ4v) is 2.02. The molecule has 1 aliphatic heterocycles. The Hall–Kier alpha value is -0.770. The highest BCUT2D eigenvalue weighted by molar-refractivity contribution is 5.65. The Bertz CT molecular complexity index is 195. The van der Waals surface area contributed by atoms with Crippen LogP contribution in [0, 0.1) is 5.92 Å². The molecule has 0 aromatic rings. The average Bonchev–Trinajstić information content (AvgIpc) is 2.61. The molecule has 4 nitrogen and oxygen atoms in total. The Balaban J connectivity index is 1.95. The maximum absolute atomic E-state index is 10.6. The van der Waals surface area contributed by atoms with Crippen LogP contribution in [0.2, 0.25) is 0 Å². The van der Waals surface area contributed by atoms with Crippen LogP contribution in [0.25, 0.3) is 0 Å². The van der Waals surface area contributed by atoms with Gasteiger partial charge in [-0.1, -0.05) is 0 Å². The summed E-state index contributed by atoms with van der Waals surface area (Å²) in [7, 11) is 0. The van der Waals surface area contributed by atoms with Gasteiger partial charge in [0.2, 0.25) is 0 Å². The fraction of sp³-hybridized carbons (Fsp3) is 0.875. The van der Waals surface area contributed by atoms with E-state index >= 15 is 0 Å². The van der Waals surface area contributed by atoms with Crippen molar-refractivity contribution in [3.05, 3.63) is 0 Å². The summed E-state index contributed by atoms with van der Waals surface area (Å²) in [5.74, 6) is 0.491. The molecule has 1 heterocycles. The third-order valence-electron chi connectivity index (χ3n) is 2.85. The Morgan fingerprint density at radius 3 is 2.75 bits per heavy atom. The van der Waals surface area contributed by atoms with E-state index in [0.29, 0.717) is 5.92 Å². The molecule has 12 heavy (non-hydrogen) atoms. The zero-order valence-electron chi connectivity index (χ0n) is 7.01. The summed E-state index contributed by atoms with van der Waals surface area (Å²) in [5, 5.41) is 3.26. The summed E-state index contributed by atoms with van der Waals surface area (Å²) < 4.78 is 5.13. The predicted molar refractivity (Wildman–Crippen MR) is 43.6 cm³/mol. The van der Waals surface area contributed by atoms with E-state index in [1.54, 1.807) is 0 Å². The normalized spacial score (nSPS) is 31.5. The van der Waals surface area contributed by atoms with Crippen molar-refractivity contribution >= 4 is 6.09 Å². The molecule has 68 valence electrons. The standard InChI is InChI=1S/C8H14N2O2/c9-7(11)12-8(2-3-8)6-1-4-10-5-6/h6,10H,1-5H2,(H2,9,11). The van der Waals surface area contributed by atoms with Crippen molar-refractivity contribution in [3.8, 4) is 0 Å². The molecule has 3 N–H and O–H groups in total. The number of hydrogen-bond donors (Lipinski definition) is 2. The minimum absolute atomic E-state index is 0.185. The van der Waals surface area contributed by atoms with Crippen LogP contribution in [0.4, 0.5) is 4.79 Å². The van der Waals surface area contributed by atoms with Crippen LogP contribution in [0.3, 0.4) is 0 Å². The van der Waals surface area contributed by atoms with Gasteiger partial charge in [-0.2, -0.15) is 0 Å². The minimum atomic E-state index is -0.626. The zero-order chi connectivity index (χ0) is 8.60. The second-order valence-corrected chi connectivity index (χ2v) is 3.68. The number of nitrogens with two attached hydrogens (primary N) is 1. The lowest BCUT2D eigenvalue weighted by atomic mass is 9.99. The van der Waals surface area contributed by atoms with E-state index in [9.17, 15) is 4.79 Å². The van der Waals surface area contributed by atoms with Gasteiger partial charge in [0, 0.05) is 12.5 Å². The van der Waals surface area contributed by atoms with Crippen molar-refractivity contribution in [1.29, 1.82) is 0 Å². The molecule has 1 saturated carbocycles. The fourth-order valence-electron chi connectivity index (χ4n) is 2.02. The topological polar surface area (TPSA) is 64.4 Å². The van der Waals surface area contributed by atoms with Crippen LogP contribution < -0.4 is 11.1 Å². The van der Waals surface area contributed by atoms with E-state index in [0.717, 1.165) is 32.4 Å². The second kappa shape index (κ2) is 2.62. The Morgan fingerprint density at radius 2 is 2.33 bits per heavy atom. The molecule has 2 aliphatic rings. The highest BCUT2D eigenvalue weighted by Gasteiger charge is 2.53. The first-order chi connectivity index (χ1) is 5.73. The van der Waals surface area contributed by atoms with Gasteiger partial charge in [-0.05, 0) is 25.8 Å². The van der Waals surface area contributed by atoms with Gasteiger partial charge in [0.25, 0.3) is 0 Å². The summed E-state index contributed by atoms with van der Waals surface area (Å²) in [6.45, 7) is 2.00. The minimum Gasteiger partial charge on any atom is -0.443 e. The number of ether oxygens (including phenoxy) is 1. The van der Waals surface area contributed by atoms with Gasteiger partial charge < -0.3 is 15.8 Å². The van der Waals surface area contributed by atoms with Gasteiger partial charge in [0.15, 0.2) is 0 Å². The first kappa shape index (κ1) is 7.86. The van der Waals surface area contributed by atoms with E-state index in [1.165, 1.54) is 0 Å².